The van der Waals surface area contributed by atoms with Gasteiger partial charge in [-0.25, -0.2) is 8.78 Å². The van der Waals surface area contributed by atoms with Gasteiger partial charge in [0.05, 0.1) is 12.6 Å². The lowest BCUT2D eigenvalue weighted by atomic mass is 10.1. The zero-order valence-electron chi connectivity index (χ0n) is 14.4. The molecule has 0 aliphatic carbocycles. The van der Waals surface area contributed by atoms with E-state index < -0.39 is 11.6 Å². The summed E-state index contributed by atoms with van der Waals surface area (Å²) in [6.07, 6.45) is 0. The van der Waals surface area contributed by atoms with E-state index in [-0.39, 0.29) is 24.5 Å². The van der Waals surface area contributed by atoms with Gasteiger partial charge in [0.15, 0.2) is 11.6 Å². The summed E-state index contributed by atoms with van der Waals surface area (Å²) in [7, 11) is 1.64. The van der Waals surface area contributed by atoms with E-state index in [1.54, 1.807) is 26.1 Å². The Kier molecular flexibility index (Phi) is 6.51. The normalized spacial score (nSPS) is 13.4. The van der Waals surface area contributed by atoms with Crippen molar-refractivity contribution in [3.05, 3.63) is 70.2 Å². The van der Waals surface area contributed by atoms with Crippen molar-refractivity contribution in [1.82, 2.24) is 10.2 Å². The molecule has 0 saturated heterocycles. The number of amides is 1. The second-order valence-electron chi connectivity index (χ2n) is 6.01. The van der Waals surface area contributed by atoms with Gasteiger partial charge in [0.1, 0.15) is 0 Å². The highest BCUT2D eigenvalue weighted by Crippen LogP contribution is 2.21. The highest BCUT2D eigenvalue weighted by atomic mass is 35.5. The molecule has 0 saturated carbocycles. The molecule has 0 bridgehead atoms. The maximum atomic E-state index is 13.4. The Morgan fingerprint density at radius 2 is 1.68 bits per heavy atom. The smallest absolute Gasteiger partial charge is 0.236 e. The molecule has 2 atom stereocenters. The van der Waals surface area contributed by atoms with Gasteiger partial charge in [0.2, 0.25) is 5.91 Å². The van der Waals surface area contributed by atoms with Crippen LogP contribution < -0.4 is 5.32 Å². The summed E-state index contributed by atoms with van der Waals surface area (Å²) in [5, 5.41) is 3.82. The van der Waals surface area contributed by atoms with Crippen molar-refractivity contribution in [3.8, 4) is 0 Å². The van der Waals surface area contributed by atoms with Gasteiger partial charge in [-0.2, -0.15) is 0 Å². The van der Waals surface area contributed by atoms with E-state index >= 15 is 0 Å². The molecule has 0 radical (unpaired) electrons. The molecule has 0 aromatic heterocycles. The van der Waals surface area contributed by atoms with Crippen molar-refractivity contribution >= 4 is 17.5 Å². The number of hydrogen-bond donors (Lipinski definition) is 1. The highest BCUT2D eigenvalue weighted by Gasteiger charge is 2.19. The Morgan fingerprint density at radius 3 is 2.28 bits per heavy atom. The van der Waals surface area contributed by atoms with Crippen LogP contribution in [0.25, 0.3) is 0 Å². The Balaban J connectivity index is 1.94. The van der Waals surface area contributed by atoms with E-state index in [2.05, 4.69) is 5.32 Å². The number of likely N-dealkylation sites (N-methyl/N-ethyl adjacent to an activating group) is 1. The molecule has 1 N–H and O–H groups in total. The standard InChI is InChI=1S/C19H21ClF2N2O/c1-12(14-4-7-16(20)8-5-14)23-11-19(25)24(3)13(2)15-6-9-17(21)18(22)10-15/h4-10,12-13,23H,11H2,1-3H3. The SMILES string of the molecule is CC(NCC(=O)N(C)C(C)c1ccc(F)c(F)c1)c1ccc(Cl)cc1. The fourth-order valence-electron chi connectivity index (χ4n) is 2.45. The van der Waals surface area contributed by atoms with Crippen molar-refractivity contribution in [1.29, 1.82) is 0 Å². The van der Waals surface area contributed by atoms with Gasteiger partial charge in [0, 0.05) is 18.1 Å². The van der Waals surface area contributed by atoms with Crippen LogP contribution in [-0.4, -0.2) is 24.4 Å². The first-order chi connectivity index (χ1) is 11.8. The van der Waals surface area contributed by atoms with Crippen molar-refractivity contribution in [2.24, 2.45) is 0 Å². The predicted molar refractivity (Wildman–Crippen MR) is 95.4 cm³/mol. The first kappa shape index (κ1) is 19.3. The molecule has 2 aromatic rings. The van der Waals surface area contributed by atoms with Crippen LogP contribution in [0.3, 0.4) is 0 Å². The molecule has 25 heavy (non-hydrogen) atoms. The molecule has 0 heterocycles. The summed E-state index contributed by atoms with van der Waals surface area (Å²) in [4.78, 5) is 13.9. The summed E-state index contributed by atoms with van der Waals surface area (Å²) in [5.41, 5.74) is 1.56. The van der Waals surface area contributed by atoms with E-state index in [9.17, 15) is 13.6 Å². The molecule has 6 heteroatoms. The van der Waals surface area contributed by atoms with Gasteiger partial charge >= 0.3 is 0 Å². The van der Waals surface area contributed by atoms with Crippen LogP contribution in [0, 0.1) is 11.6 Å². The third kappa shape index (κ3) is 5.00. The maximum absolute atomic E-state index is 13.4. The van der Waals surface area contributed by atoms with Crippen LogP contribution in [0.1, 0.15) is 37.1 Å². The molecule has 0 spiro atoms. The molecule has 0 fully saturated rings. The number of rotatable bonds is 6. The van der Waals surface area contributed by atoms with Crippen LogP contribution in [0.4, 0.5) is 8.78 Å². The van der Waals surface area contributed by atoms with Crippen LogP contribution in [0.5, 0.6) is 0 Å². The lowest BCUT2D eigenvalue weighted by Gasteiger charge is -2.26. The summed E-state index contributed by atoms with van der Waals surface area (Å²) in [6.45, 7) is 3.86. The largest absolute Gasteiger partial charge is 0.338 e. The van der Waals surface area contributed by atoms with E-state index in [0.717, 1.165) is 17.7 Å². The third-order valence-electron chi connectivity index (χ3n) is 4.33. The minimum absolute atomic E-state index is 0.0202. The molecular weight excluding hydrogens is 346 g/mol. The van der Waals surface area contributed by atoms with Crippen LogP contribution in [0.15, 0.2) is 42.5 Å². The summed E-state index contributed by atoms with van der Waals surface area (Å²) in [6, 6.07) is 10.7. The molecule has 0 aliphatic heterocycles. The summed E-state index contributed by atoms with van der Waals surface area (Å²) >= 11 is 5.87. The monoisotopic (exact) mass is 366 g/mol. The van der Waals surface area contributed by atoms with E-state index in [4.69, 9.17) is 11.6 Å². The number of nitrogens with zero attached hydrogens (tertiary/aromatic N) is 1. The number of benzene rings is 2. The zero-order valence-corrected chi connectivity index (χ0v) is 15.1. The summed E-state index contributed by atoms with van der Waals surface area (Å²) < 4.78 is 26.4. The minimum atomic E-state index is -0.917. The first-order valence-electron chi connectivity index (χ1n) is 7.99. The van der Waals surface area contributed by atoms with Crippen molar-refractivity contribution < 1.29 is 13.6 Å². The number of carbonyl (C=O) groups is 1. The Bertz CT molecular complexity index is 737. The summed E-state index contributed by atoms with van der Waals surface area (Å²) in [5.74, 6) is -1.96. The van der Waals surface area contributed by atoms with Gasteiger partial charge in [0.25, 0.3) is 0 Å². The molecule has 2 aromatic carbocycles. The van der Waals surface area contributed by atoms with Crippen molar-refractivity contribution in [3.63, 3.8) is 0 Å². The van der Waals surface area contributed by atoms with Gasteiger partial charge < -0.3 is 10.2 Å². The average molecular weight is 367 g/mol. The highest BCUT2D eigenvalue weighted by molar-refractivity contribution is 6.30. The lowest BCUT2D eigenvalue weighted by molar-refractivity contribution is -0.131. The number of carbonyl (C=O) groups excluding carboxylic acids is 1. The molecule has 1 amide bonds. The van der Waals surface area contributed by atoms with Gasteiger partial charge in [-0.15, -0.1) is 0 Å². The number of nitrogens with one attached hydrogen (secondary N) is 1. The van der Waals surface area contributed by atoms with E-state index in [0.29, 0.717) is 10.6 Å². The van der Waals surface area contributed by atoms with E-state index in [1.165, 1.54) is 11.0 Å². The fraction of sp³-hybridized carbons (Fsp3) is 0.316. The number of hydrogen-bond acceptors (Lipinski definition) is 2. The fourth-order valence-corrected chi connectivity index (χ4v) is 2.57. The molecule has 3 nitrogen and oxygen atoms in total. The van der Waals surface area contributed by atoms with Crippen molar-refractivity contribution in [2.45, 2.75) is 25.9 Å². The van der Waals surface area contributed by atoms with Crippen LogP contribution >= 0.6 is 11.6 Å². The number of halogens is 3. The molecule has 2 unspecified atom stereocenters. The first-order valence-corrected chi connectivity index (χ1v) is 8.37. The molecule has 134 valence electrons. The van der Waals surface area contributed by atoms with Crippen LogP contribution in [-0.2, 0) is 4.79 Å². The Hall–Kier alpha value is -1.98. The topological polar surface area (TPSA) is 32.3 Å². The molecular formula is C19H21ClF2N2O. The average Bonchev–Trinajstić information content (AvgIpc) is 2.61. The quantitative estimate of drug-likeness (QED) is 0.817. The van der Waals surface area contributed by atoms with Crippen LogP contribution in [0.2, 0.25) is 5.02 Å². The second-order valence-corrected chi connectivity index (χ2v) is 6.44. The predicted octanol–water partition coefficient (Wildman–Crippen LogP) is 4.49. The van der Waals surface area contributed by atoms with Crippen molar-refractivity contribution in [2.75, 3.05) is 13.6 Å². The molecule has 2 rings (SSSR count). The van der Waals surface area contributed by atoms with Gasteiger partial charge in [-0.05, 0) is 49.2 Å². The zero-order chi connectivity index (χ0) is 18.6. The molecule has 0 aliphatic rings. The maximum Gasteiger partial charge on any atom is 0.236 e. The second kappa shape index (κ2) is 8.41. The minimum Gasteiger partial charge on any atom is -0.338 e. The van der Waals surface area contributed by atoms with Gasteiger partial charge in [-0.1, -0.05) is 29.8 Å². The van der Waals surface area contributed by atoms with Gasteiger partial charge in [-0.3, -0.25) is 4.79 Å². The Labute approximate surface area is 151 Å². The van der Waals surface area contributed by atoms with E-state index in [1.807, 2.05) is 19.1 Å². The Morgan fingerprint density at radius 1 is 1.08 bits per heavy atom. The lowest BCUT2D eigenvalue weighted by Crippen LogP contribution is -2.38. The third-order valence-corrected chi connectivity index (χ3v) is 4.58.